The smallest absolute Gasteiger partial charge is 0.335 e. The van der Waals surface area contributed by atoms with E-state index in [9.17, 15) is 9.59 Å². The molecule has 0 aliphatic heterocycles. The highest BCUT2D eigenvalue weighted by Crippen LogP contribution is 2.16. The standard InChI is InChI=1S/C17H18N2O3/c1-11-3-4-12(2)15(9-11)18-10-16(20)19-14-7-5-13(6-8-14)17(21)22/h3-9,18H,10H2,1-2H3,(H,19,20)(H,21,22). The first-order valence-corrected chi connectivity index (χ1v) is 6.90. The number of hydrogen-bond acceptors (Lipinski definition) is 3. The first-order chi connectivity index (χ1) is 10.5. The van der Waals surface area contributed by atoms with E-state index in [4.69, 9.17) is 5.11 Å². The van der Waals surface area contributed by atoms with Crippen LogP contribution in [0.5, 0.6) is 0 Å². The molecular formula is C17H18N2O3. The highest BCUT2D eigenvalue weighted by atomic mass is 16.4. The van der Waals surface area contributed by atoms with E-state index in [0.717, 1.165) is 16.8 Å². The summed E-state index contributed by atoms with van der Waals surface area (Å²) in [5.74, 6) is -1.18. The Morgan fingerprint density at radius 2 is 1.73 bits per heavy atom. The number of carboxylic acid groups (broad SMARTS) is 1. The molecule has 2 aromatic carbocycles. The van der Waals surface area contributed by atoms with Gasteiger partial charge in [-0.05, 0) is 55.3 Å². The second-order valence-electron chi connectivity index (χ2n) is 5.10. The number of carboxylic acids is 1. The van der Waals surface area contributed by atoms with Gasteiger partial charge >= 0.3 is 5.97 Å². The minimum atomic E-state index is -0.991. The zero-order valence-electron chi connectivity index (χ0n) is 12.5. The number of nitrogens with one attached hydrogen (secondary N) is 2. The summed E-state index contributed by atoms with van der Waals surface area (Å²) in [6.45, 7) is 4.12. The number of benzene rings is 2. The molecule has 0 atom stereocenters. The Morgan fingerprint density at radius 1 is 1.05 bits per heavy atom. The third kappa shape index (κ3) is 4.09. The van der Waals surface area contributed by atoms with Crippen LogP contribution in [0.15, 0.2) is 42.5 Å². The van der Waals surface area contributed by atoms with Crippen LogP contribution in [-0.4, -0.2) is 23.5 Å². The zero-order chi connectivity index (χ0) is 16.1. The molecule has 2 aromatic rings. The molecule has 0 bridgehead atoms. The van der Waals surface area contributed by atoms with Crippen LogP contribution in [0.3, 0.4) is 0 Å². The average Bonchev–Trinajstić information content (AvgIpc) is 2.49. The van der Waals surface area contributed by atoms with E-state index in [0.29, 0.717) is 5.69 Å². The molecule has 0 spiro atoms. The number of aromatic carboxylic acids is 1. The fourth-order valence-corrected chi connectivity index (χ4v) is 2.00. The van der Waals surface area contributed by atoms with Crippen LogP contribution >= 0.6 is 0 Å². The van der Waals surface area contributed by atoms with Crippen molar-refractivity contribution >= 4 is 23.3 Å². The monoisotopic (exact) mass is 298 g/mol. The molecule has 0 aliphatic carbocycles. The van der Waals surface area contributed by atoms with Gasteiger partial charge in [0.1, 0.15) is 0 Å². The molecule has 5 nitrogen and oxygen atoms in total. The maximum absolute atomic E-state index is 11.9. The fourth-order valence-electron chi connectivity index (χ4n) is 2.00. The predicted molar refractivity (Wildman–Crippen MR) is 86.4 cm³/mol. The second-order valence-corrected chi connectivity index (χ2v) is 5.10. The molecule has 2 rings (SSSR count). The van der Waals surface area contributed by atoms with Crippen molar-refractivity contribution in [2.45, 2.75) is 13.8 Å². The second kappa shape index (κ2) is 6.76. The number of hydrogen-bond donors (Lipinski definition) is 3. The van der Waals surface area contributed by atoms with E-state index in [1.165, 1.54) is 12.1 Å². The molecule has 5 heteroatoms. The Hall–Kier alpha value is -2.82. The minimum Gasteiger partial charge on any atom is -0.478 e. The van der Waals surface area contributed by atoms with Gasteiger partial charge in [0.25, 0.3) is 0 Å². The maximum atomic E-state index is 11.9. The summed E-state index contributed by atoms with van der Waals surface area (Å²) in [5.41, 5.74) is 3.88. The number of carbonyl (C=O) groups is 2. The Bertz CT molecular complexity index is 694. The molecule has 1 amide bonds. The van der Waals surface area contributed by atoms with E-state index < -0.39 is 5.97 Å². The van der Waals surface area contributed by atoms with Crippen molar-refractivity contribution in [3.8, 4) is 0 Å². The molecule has 0 fully saturated rings. The number of anilines is 2. The van der Waals surface area contributed by atoms with Crippen LogP contribution in [0.25, 0.3) is 0 Å². The highest BCUT2D eigenvalue weighted by Gasteiger charge is 2.06. The number of amides is 1. The summed E-state index contributed by atoms with van der Waals surface area (Å²) in [6, 6.07) is 12.1. The van der Waals surface area contributed by atoms with Crippen molar-refractivity contribution in [1.29, 1.82) is 0 Å². The summed E-state index contributed by atoms with van der Waals surface area (Å²) in [5, 5.41) is 14.6. The van der Waals surface area contributed by atoms with E-state index in [2.05, 4.69) is 10.6 Å². The minimum absolute atomic E-state index is 0.144. The first-order valence-electron chi connectivity index (χ1n) is 6.90. The molecule has 0 aromatic heterocycles. The molecule has 0 radical (unpaired) electrons. The van der Waals surface area contributed by atoms with Gasteiger partial charge in [-0.2, -0.15) is 0 Å². The van der Waals surface area contributed by atoms with Crippen molar-refractivity contribution < 1.29 is 14.7 Å². The summed E-state index contributed by atoms with van der Waals surface area (Å²) >= 11 is 0. The number of carbonyl (C=O) groups excluding carboxylic acids is 1. The molecule has 0 saturated heterocycles. The van der Waals surface area contributed by atoms with Gasteiger partial charge in [0.15, 0.2) is 0 Å². The molecule has 0 unspecified atom stereocenters. The largest absolute Gasteiger partial charge is 0.478 e. The van der Waals surface area contributed by atoms with E-state index >= 15 is 0 Å². The lowest BCUT2D eigenvalue weighted by Gasteiger charge is -2.11. The number of rotatable bonds is 5. The maximum Gasteiger partial charge on any atom is 0.335 e. The van der Waals surface area contributed by atoms with Gasteiger partial charge in [-0.3, -0.25) is 4.79 Å². The van der Waals surface area contributed by atoms with Crippen LogP contribution < -0.4 is 10.6 Å². The van der Waals surface area contributed by atoms with Crippen molar-refractivity contribution in [2.75, 3.05) is 17.2 Å². The predicted octanol–water partition coefficient (Wildman–Crippen LogP) is 3.05. The van der Waals surface area contributed by atoms with Crippen molar-refractivity contribution in [3.05, 3.63) is 59.2 Å². The summed E-state index contributed by atoms with van der Waals surface area (Å²) in [4.78, 5) is 22.7. The Morgan fingerprint density at radius 3 is 2.36 bits per heavy atom. The Labute approximate surface area is 129 Å². The molecule has 3 N–H and O–H groups in total. The molecule has 0 saturated carbocycles. The highest BCUT2D eigenvalue weighted by molar-refractivity contribution is 5.94. The topological polar surface area (TPSA) is 78.4 Å². The lowest BCUT2D eigenvalue weighted by atomic mass is 10.1. The van der Waals surface area contributed by atoms with Gasteiger partial charge in [0.05, 0.1) is 12.1 Å². The molecule has 0 aliphatic rings. The van der Waals surface area contributed by atoms with Gasteiger partial charge < -0.3 is 15.7 Å². The van der Waals surface area contributed by atoms with Gasteiger partial charge in [-0.15, -0.1) is 0 Å². The summed E-state index contributed by atoms with van der Waals surface area (Å²) in [6.07, 6.45) is 0. The van der Waals surface area contributed by atoms with Crippen LogP contribution in [0.4, 0.5) is 11.4 Å². The van der Waals surface area contributed by atoms with Crippen LogP contribution in [0.2, 0.25) is 0 Å². The van der Waals surface area contributed by atoms with E-state index in [1.807, 2.05) is 32.0 Å². The average molecular weight is 298 g/mol. The van der Waals surface area contributed by atoms with Crippen LogP contribution in [0, 0.1) is 13.8 Å². The normalized spacial score (nSPS) is 10.1. The lowest BCUT2D eigenvalue weighted by Crippen LogP contribution is -2.22. The Kier molecular flexibility index (Phi) is 4.78. The van der Waals surface area contributed by atoms with E-state index in [1.54, 1.807) is 12.1 Å². The zero-order valence-corrected chi connectivity index (χ0v) is 12.5. The third-order valence-electron chi connectivity index (χ3n) is 3.25. The molecule has 0 heterocycles. The molecular weight excluding hydrogens is 280 g/mol. The van der Waals surface area contributed by atoms with Crippen LogP contribution in [-0.2, 0) is 4.79 Å². The quantitative estimate of drug-likeness (QED) is 0.792. The third-order valence-corrected chi connectivity index (χ3v) is 3.25. The van der Waals surface area contributed by atoms with Gasteiger partial charge in [-0.1, -0.05) is 12.1 Å². The van der Waals surface area contributed by atoms with Gasteiger partial charge in [0, 0.05) is 11.4 Å². The van der Waals surface area contributed by atoms with Crippen molar-refractivity contribution in [3.63, 3.8) is 0 Å². The van der Waals surface area contributed by atoms with Crippen molar-refractivity contribution in [2.24, 2.45) is 0 Å². The fraction of sp³-hybridized carbons (Fsp3) is 0.176. The van der Waals surface area contributed by atoms with E-state index in [-0.39, 0.29) is 18.0 Å². The van der Waals surface area contributed by atoms with Crippen molar-refractivity contribution in [1.82, 2.24) is 0 Å². The first kappa shape index (κ1) is 15.6. The summed E-state index contributed by atoms with van der Waals surface area (Å²) in [7, 11) is 0. The van der Waals surface area contributed by atoms with Gasteiger partial charge in [-0.25, -0.2) is 4.79 Å². The number of aryl methyl sites for hydroxylation is 2. The summed E-state index contributed by atoms with van der Waals surface area (Å²) < 4.78 is 0. The Balaban J connectivity index is 1.92. The van der Waals surface area contributed by atoms with Gasteiger partial charge in [0.2, 0.25) is 5.91 Å². The lowest BCUT2D eigenvalue weighted by molar-refractivity contribution is -0.114. The molecule has 22 heavy (non-hydrogen) atoms. The van der Waals surface area contributed by atoms with Crippen LogP contribution in [0.1, 0.15) is 21.5 Å². The molecule has 114 valence electrons. The SMILES string of the molecule is Cc1ccc(C)c(NCC(=O)Nc2ccc(C(=O)O)cc2)c1.